The van der Waals surface area contributed by atoms with E-state index in [1.54, 1.807) is 28.4 Å². The number of para-hydroxylation sites is 2. The van der Waals surface area contributed by atoms with E-state index in [-0.39, 0.29) is 12.1 Å². The normalized spacial score (nSPS) is 18.6. The number of nitrogens with zero attached hydrogens (tertiary/aromatic N) is 4. The number of anilines is 5. The molecule has 3 aromatic heterocycles. The molecule has 0 saturated carbocycles. The summed E-state index contributed by atoms with van der Waals surface area (Å²) in [6.45, 7) is 6.02. The molecule has 5 aromatic rings. The molecule has 51 heavy (non-hydrogen) atoms. The van der Waals surface area contributed by atoms with Crippen molar-refractivity contribution in [2.75, 3.05) is 65.6 Å². The fraction of sp³-hybridized carbons (Fsp3) is 0.282. The molecule has 2 saturated heterocycles. The Morgan fingerprint density at radius 2 is 1.73 bits per heavy atom. The van der Waals surface area contributed by atoms with Gasteiger partial charge in [0.1, 0.15) is 23.5 Å². The van der Waals surface area contributed by atoms with Crippen LogP contribution in [0.3, 0.4) is 0 Å². The van der Waals surface area contributed by atoms with Crippen LogP contribution in [0.1, 0.15) is 42.9 Å². The molecular formula is C39H38FN7O3S. The van der Waals surface area contributed by atoms with Crippen LogP contribution in [0.25, 0.3) is 10.6 Å². The number of pyridine rings is 2. The molecule has 10 nitrogen and oxygen atoms in total. The van der Waals surface area contributed by atoms with Gasteiger partial charge in [0.15, 0.2) is 6.29 Å². The summed E-state index contributed by atoms with van der Waals surface area (Å²) in [6.07, 6.45) is 4.57. The first-order valence-electron chi connectivity index (χ1n) is 17.1. The largest absolute Gasteiger partial charge is 0.388 e. The number of carbonyl (C=O) groups is 2. The van der Waals surface area contributed by atoms with E-state index in [2.05, 4.69) is 36.9 Å². The number of thiophene rings is 1. The van der Waals surface area contributed by atoms with E-state index < -0.39 is 5.82 Å². The maximum absolute atomic E-state index is 14.3. The van der Waals surface area contributed by atoms with Crippen molar-refractivity contribution in [1.82, 2.24) is 9.97 Å². The molecule has 4 aliphatic rings. The third-order valence-electron chi connectivity index (χ3n) is 9.95. The Labute approximate surface area is 299 Å². The fourth-order valence-corrected chi connectivity index (χ4v) is 8.53. The van der Waals surface area contributed by atoms with Gasteiger partial charge in [-0.15, -0.1) is 11.3 Å². The van der Waals surface area contributed by atoms with Gasteiger partial charge in [-0.1, -0.05) is 12.1 Å². The lowest BCUT2D eigenvalue weighted by Crippen LogP contribution is -2.32. The van der Waals surface area contributed by atoms with Crippen LogP contribution < -0.4 is 25.8 Å². The van der Waals surface area contributed by atoms with Crippen LogP contribution in [-0.4, -0.2) is 62.1 Å². The minimum Gasteiger partial charge on any atom is -0.388 e. The molecule has 0 bridgehead atoms. The number of carbonyl (C=O) groups excluding carboxylic acids is 2. The molecule has 7 heterocycles. The van der Waals surface area contributed by atoms with Gasteiger partial charge >= 0.3 is 0 Å². The second-order valence-corrected chi connectivity index (χ2v) is 14.4. The van der Waals surface area contributed by atoms with E-state index in [0.29, 0.717) is 47.3 Å². The van der Waals surface area contributed by atoms with Gasteiger partial charge in [0.25, 0.3) is 5.91 Å². The van der Waals surface area contributed by atoms with Crippen molar-refractivity contribution in [3.63, 3.8) is 0 Å². The second kappa shape index (κ2) is 13.8. The summed E-state index contributed by atoms with van der Waals surface area (Å²) in [6, 6.07) is 20.9. The van der Waals surface area contributed by atoms with Crippen LogP contribution in [0.15, 0.2) is 79.1 Å². The minimum atomic E-state index is -0.461. The summed E-state index contributed by atoms with van der Waals surface area (Å²) in [5.41, 5.74) is 7.59. The molecule has 12 heteroatoms. The molecule has 0 aliphatic carbocycles. The average molecular weight is 704 g/mol. The Morgan fingerprint density at radius 1 is 1.00 bits per heavy atom. The summed E-state index contributed by atoms with van der Waals surface area (Å²) in [5.74, 6) is 1.42. The Balaban J connectivity index is 0.000000184. The Bertz CT molecular complexity index is 2070. The monoisotopic (exact) mass is 703 g/mol. The standard InChI is InChI=1S/C26H22FN5OS.C13H16N2O2/c1-28-18-8-6-15(7-9-18)26(33)32-11-10-16-12-22(25-30-19-4-2-3-5-20(19)31-25)34-24(16)23-21(32)13-17(27)14-29-23;1-9-2-10(6-16)13(14-3-9)15-4-11-7-17-8-12(11)5-15/h2-9,12-14,25,28,30-31H,10-11H2,1H3;2-3,6,11-12H,4-5,7-8H2,1H3. The lowest BCUT2D eigenvalue weighted by Gasteiger charge is -2.23. The zero-order chi connectivity index (χ0) is 35.1. The first-order valence-corrected chi connectivity index (χ1v) is 17.9. The van der Waals surface area contributed by atoms with Gasteiger partial charge in [-0.2, -0.15) is 0 Å². The fourth-order valence-electron chi connectivity index (χ4n) is 7.31. The summed E-state index contributed by atoms with van der Waals surface area (Å²) in [7, 11) is 1.83. The number of aryl methyl sites for hydroxylation is 1. The lowest BCUT2D eigenvalue weighted by atomic mass is 10.0. The van der Waals surface area contributed by atoms with Crippen molar-refractivity contribution in [2.24, 2.45) is 11.8 Å². The number of halogens is 1. The van der Waals surface area contributed by atoms with Gasteiger partial charge in [0.05, 0.1) is 46.9 Å². The highest BCUT2D eigenvalue weighted by Crippen LogP contribution is 2.45. The Hall–Kier alpha value is -5.33. The van der Waals surface area contributed by atoms with E-state index in [9.17, 15) is 14.0 Å². The molecule has 2 aromatic carbocycles. The number of rotatable bonds is 5. The SMILES string of the molecule is CNc1ccc(C(=O)N2CCc3cc(C4Nc5ccccc5N4)sc3-c3ncc(F)cc32)cc1.Cc1cnc(N2CC3COCC3C2)c(C=O)c1. The van der Waals surface area contributed by atoms with Gasteiger partial charge < -0.3 is 30.5 Å². The molecule has 2 atom stereocenters. The van der Waals surface area contributed by atoms with Gasteiger partial charge in [-0.05, 0) is 73.0 Å². The summed E-state index contributed by atoms with van der Waals surface area (Å²) < 4.78 is 19.8. The third kappa shape index (κ3) is 6.41. The number of ether oxygens (including phenoxy) is 1. The highest BCUT2D eigenvalue weighted by Gasteiger charge is 2.38. The Morgan fingerprint density at radius 3 is 2.41 bits per heavy atom. The third-order valence-corrected chi connectivity index (χ3v) is 11.2. The quantitative estimate of drug-likeness (QED) is 0.167. The Kier molecular flexibility index (Phi) is 8.87. The second-order valence-electron chi connectivity index (χ2n) is 13.3. The van der Waals surface area contributed by atoms with Crippen molar-refractivity contribution in [2.45, 2.75) is 19.5 Å². The highest BCUT2D eigenvalue weighted by molar-refractivity contribution is 7.15. The van der Waals surface area contributed by atoms with Gasteiger partial charge in [-0.3, -0.25) is 14.6 Å². The molecule has 0 spiro atoms. The first-order chi connectivity index (χ1) is 24.9. The zero-order valence-corrected chi connectivity index (χ0v) is 29.2. The highest BCUT2D eigenvalue weighted by atomic mass is 32.1. The molecule has 260 valence electrons. The van der Waals surface area contributed by atoms with Crippen LogP contribution in [-0.2, 0) is 11.2 Å². The summed E-state index contributed by atoms with van der Waals surface area (Å²) in [4.78, 5) is 39.4. The molecule has 1 amide bonds. The lowest BCUT2D eigenvalue weighted by molar-refractivity contribution is 0.0987. The first kappa shape index (κ1) is 32.9. The number of fused-ring (bicyclic) bond motifs is 5. The number of aromatic nitrogens is 2. The van der Waals surface area contributed by atoms with E-state index >= 15 is 0 Å². The number of benzene rings is 2. The van der Waals surface area contributed by atoms with E-state index in [0.717, 1.165) is 76.4 Å². The van der Waals surface area contributed by atoms with Crippen molar-refractivity contribution in [3.05, 3.63) is 112 Å². The molecule has 9 rings (SSSR count). The predicted molar refractivity (Wildman–Crippen MR) is 200 cm³/mol. The van der Waals surface area contributed by atoms with Gasteiger partial charge in [0.2, 0.25) is 0 Å². The molecule has 2 fully saturated rings. The van der Waals surface area contributed by atoms with Crippen molar-refractivity contribution < 1.29 is 18.7 Å². The van der Waals surface area contributed by atoms with Crippen molar-refractivity contribution in [1.29, 1.82) is 0 Å². The van der Waals surface area contributed by atoms with Crippen LogP contribution in [0.5, 0.6) is 0 Å². The zero-order valence-electron chi connectivity index (χ0n) is 28.4. The molecule has 4 aliphatic heterocycles. The van der Waals surface area contributed by atoms with Gasteiger partial charge in [-0.25, -0.2) is 9.37 Å². The predicted octanol–water partition coefficient (Wildman–Crippen LogP) is 7.02. The number of nitrogens with one attached hydrogen (secondary N) is 3. The minimum absolute atomic E-state index is 0.0401. The van der Waals surface area contributed by atoms with E-state index in [1.807, 2.05) is 62.6 Å². The summed E-state index contributed by atoms with van der Waals surface area (Å²) in [5, 5.41) is 10.1. The van der Waals surface area contributed by atoms with E-state index in [4.69, 9.17) is 4.74 Å². The molecule has 3 N–H and O–H groups in total. The number of hydrogen-bond acceptors (Lipinski definition) is 10. The van der Waals surface area contributed by atoms with Crippen molar-refractivity contribution in [3.8, 4) is 10.6 Å². The molecular weight excluding hydrogens is 666 g/mol. The van der Waals surface area contributed by atoms with Crippen LogP contribution in [0.2, 0.25) is 0 Å². The van der Waals surface area contributed by atoms with Crippen LogP contribution in [0, 0.1) is 24.6 Å². The molecule has 0 radical (unpaired) electrons. The number of hydrogen-bond donors (Lipinski definition) is 3. The maximum Gasteiger partial charge on any atom is 0.258 e. The van der Waals surface area contributed by atoms with Crippen LogP contribution >= 0.6 is 11.3 Å². The van der Waals surface area contributed by atoms with Crippen LogP contribution in [0.4, 0.5) is 33.0 Å². The molecule has 2 unspecified atom stereocenters. The maximum atomic E-state index is 14.3. The number of aldehydes is 1. The average Bonchev–Trinajstić information content (AvgIpc) is 3.94. The van der Waals surface area contributed by atoms with Gasteiger partial charge in [0, 0.05) is 66.9 Å². The topological polar surface area (TPSA) is 112 Å². The smallest absolute Gasteiger partial charge is 0.258 e. The van der Waals surface area contributed by atoms with Crippen molar-refractivity contribution >= 4 is 52.1 Å². The van der Waals surface area contributed by atoms with E-state index in [1.165, 1.54) is 12.3 Å². The number of amides is 1. The summed E-state index contributed by atoms with van der Waals surface area (Å²) >= 11 is 1.62.